The van der Waals surface area contributed by atoms with Crippen LogP contribution in [0.25, 0.3) is 0 Å². The SMILES string of the molecule is COCCC1(CNCc2ccco2)CC1. The first kappa shape index (κ1) is 10.7. The summed E-state index contributed by atoms with van der Waals surface area (Å²) in [6, 6.07) is 3.93. The summed E-state index contributed by atoms with van der Waals surface area (Å²) in [6.45, 7) is 2.79. The predicted molar refractivity (Wildman–Crippen MR) is 58.6 cm³/mol. The van der Waals surface area contributed by atoms with E-state index in [-0.39, 0.29) is 0 Å². The van der Waals surface area contributed by atoms with Crippen LogP contribution in [0.3, 0.4) is 0 Å². The Morgan fingerprint density at radius 3 is 3.00 bits per heavy atom. The maximum atomic E-state index is 5.26. The zero-order valence-electron chi connectivity index (χ0n) is 9.29. The van der Waals surface area contributed by atoms with Crippen molar-refractivity contribution in [1.82, 2.24) is 5.32 Å². The molecule has 0 aromatic carbocycles. The standard InChI is InChI=1S/C12H19NO2/c1-14-8-6-12(4-5-12)10-13-9-11-3-2-7-15-11/h2-3,7,13H,4-6,8-10H2,1H3. The highest BCUT2D eigenvalue weighted by atomic mass is 16.5. The Balaban J connectivity index is 1.65. The van der Waals surface area contributed by atoms with Crippen molar-refractivity contribution in [3.63, 3.8) is 0 Å². The molecule has 84 valence electrons. The van der Waals surface area contributed by atoms with Crippen LogP contribution in [0.5, 0.6) is 0 Å². The van der Waals surface area contributed by atoms with Crippen molar-refractivity contribution in [2.24, 2.45) is 5.41 Å². The lowest BCUT2D eigenvalue weighted by Gasteiger charge is -2.14. The number of methoxy groups -OCH3 is 1. The van der Waals surface area contributed by atoms with E-state index < -0.39 is 0 Å². The number of rotatable bonds is 7. The fraction of sp³-hybridized carbons (Fsp3) is 0.667. The van der Waals surface area contributed by atoms with Crippen molar-refractivity contribution in [1.29, 1.82) is 0 Å². The van der Waals surface area contributed by atoms with E-state index in [0.717, 1.165) is 25.5 Å². The monoisotopic (exact) mass is 209 g/mol. The van der Waals surface area contributed by atoms with E-state index in [9.17, 15) is 0 Å². The molecule has 1 aromatic rings. The first-order chi connectivity index (χ1) is 7.35. The number of furan rings is 1. The molecule has 1 N–H and O–H groups in total. The molecule has 0 unspecified atom stereocenters. The van der Waals surface area contributed by atoms with Gasteiger partial charge in [0.2, 0.25) is 0 Å². The first-order valence-corrected chi connectivity index (χ1v) is 5.57. The number of nitrogens with one attached hydrogen (secondary N) is 1. The van der Waals surface area contributed by atoms with Crippen molar-refractivity contribution < 1.29 is 9.15 Å². The van der Waals surface area contributed by atoms with Crippen LogP contribution < -0.4 is 5.32 Å². The Labute approximate surface area is 90.8 Å². The summed E-state index contributed by atoms with van der Waals surface area (Å²) in [6.07, 6.45) is 5.56. The highest BCUT2D eigenvalue weighted by Crippen LogP contribution is 2.48. The van der Waals surface area contributed by atoms with E-state index in [1.165, 1.54) is 19.3 Å². The summed E-state index contributed by atoms with van der Waals surface area (Å²) in [5.41, 5.74) is 0.516. The highest BCUT2D eigenvalue weighted by molar-refractivity contribution is 4.99. The topological polar surface area (TPSA) is 34.4 Å². The van der Waals surface area contributed by atoms with Crippen molar-refractivity contribution in [2.75, 3.05) is 20.3 Å². The van der Waals surface area contributed by atoms with Gasteiger partial charge in [-0.15, -0.1) is 0 Å². The van der Waals surface area contributed by atoms with Crippen LogP contribution in [0.2, 0.25) is 0 Å². The Kier molecular flexibility index (Phi) is 3.44. The normalized spacial score (nSPS) is 17.9. The summed E-state index contributed by atoms with van der Waals surface area (Å²) in [5.74, 6) is 1.01. The predicted octanol–water partition coefficient (Wildman–Crippen LogP) is 2.19. The van der Waals surface area contributed by atoms with Gasteiger partial charge >= 0.3 is 0 Å². The Hall–Kier alpha value is -0.800. The zero-order chi connectivity index (χ0) is 10.6. The molecule has 3 nitrogen and oxygen atoms in total. The number of hydrogen-bond donors (Lipinski definition) is 1. The molecule has 1 aromatic heterocycles. The Morgan fingerprint density at radius 2 is 2.40 bits per heavy atom. The quantitative estimate of drug-likeness (QED) is 0.747. The molecule has 1 heterocycles. The van der Waals surface area contributed by atoms with Gasteiger partial charge in [0, 0.05) is 20.3 Å². The van der Waals surface area contributed by atoms with Gasteiger partial charge < -0.3 is 14.5 Å². The molecule has 0 bridgehead atoms. The largest absolute Gasteiger partial charge is 0.468 e. The molecule has 15 heavy (non-hydrogen) atoms. The number of hydrogen-bond acceptors (Lipinski definition) is 3. The van der Waals surface area contributed by atoms with E-state index in [2.05, 4.69) is 5.32 Å². The molecule has 0 saturated heterocycles. The minimum Gasteiger partial charge on any atom is -0.468 e. The second-order valence-corrected chi connectivity index (χ2v) is 4.43. The van der Waals surface area contributed by atoms with Crippen molar-refractivity contribution in [2.45, 2.75) is 25.8 Å². The molecule has 0 radical (unpaired) electrons. The molecule has 3 heteroatoms. The van der Waals surface area contributed by atoms with E-state index in [1.807, 2.05) is 12.1 Å². The molecule has 0 aliphatic heterocycles. The smallest absolute Gasteiger partial charge is 0.117 e. The first-order valence-electron chi connectivity index (χ1n) is 5.57. The zero-order valence-corrected chi connectivity index (χ0v) is 9.29. The molecule has 0 amide bonds. The third-order valence-corrected chi connectivity index (χ3v) is 3.17. The van der Waals surface area contributed by atoms with Crippen molar-refractivity contribution >= 4 is 0 Å². The molecular formula is C12H19NO2. The molecule has 2 rings (SSSR count). The van der Waals surface area contributed by atoms with E-state index in [4.69, 9.17) is 9.15 Å². The van der Waals surface area contributed by atoms with Gasteiger partial charge in [-0.1, -0.05) is 0 Å². The van der Waals surface area contributed by atoms with Crippen LogP contribution in [0, 0.1) is 5.41 Å². The Morgan fingerprint density at radius 1 is 1.53 bits per heavy atom. The summed E-state index contributed by atoms with van der Waals surface area (Å²) in [4.78, 5) is 0. The van der Waals surface area contributed by atoms with Gasteiger partial charge in [-0.2, -0.15) is 0 Å². The average Bonchev–Trinajstić information content (AvgIpc) is 2.81. The third kappa shape index (κ3) is 3.08. The lowest BCUT2D eigenvalue weighted by atomic mass is 10.0. The molecule has 1 fully saturated rings. The van der Waals surface area contributed by atoms with Gasteiger partial charge in [0.25, 0.3) is 0 Å². The Bertz CT molecular complexity index is 278. The maximum absolute atomic E-state index is 5.26. The minimum atomic E-state index is 0.516. The van der Waals surface area contributed by atoms with Crippen LogP contribution >= 0.6 is 0 Å². The van der Waals surface area contributed by atoms with Crippen LogP contribution in [-0.4, -0.2) is 20.3 Å². The van der Waals surface area contributed by atoms with Gasteiger partial charge in [-0.05, 0) is 36.8 Å². The molecule has 0 spiro atoms. The van der Waals surface area contributed by atoms with E-state index in [1.54, 1.807) is 13.4 Å². The molecule has 1 aliphatic carbocycles. The lowest BCUT2D eigenvalue weighted by Crippen LogP contribution is -2.24. The van der Waals surface area contributed by atoms with Gasteiger partial charge in [0.15, 0.2) is 0 Å². The molecular weight excluding hydrogens is 190 g/mol. The molecule has 0 atom stereocenters. The lowest BCUT2D eigenvalue weighted by molar-refractivity contribution is 0.171. The minimum absolute atomic E-state index is 0.516. The van der Waals surface area contributed by atoms with Crippen LogP contribution in [0.1, 0.15) is 25.0 Å². The van der Waals surface area contributed by atoms with Gasteiger partial charge in [-0.25, -0.2) is 0 Å². The van der Waals surface area contributed by atoms with Crippen LogP contribution in [0.4, 0.5) is 0 Å². The number of ether oxygens (including phenoxy) is 1. The molecule has 1 aliphatic rings. The van der Waals surface area contributed by atoms with Crippen LogP contribution in [-0.2, 0) is 11.3 Å². The van der Waals surface area contributed by atoms with Gasteiger partial charge in [0.1, 0.15) is 5.76 Å². The summed E-state index contributed by atoms with van der Waals surface area (Å²) in [5, 5.41) is 3.45. The summed E-state index contributed by atoms with van der Waals surface area (Å²) in [7, 11) is 1.77. The fourth-order valence-corrected chi connectivity index (χ4v) is 1.87. The van der Waals surface area contributed by atoms with E-state index in [0.29, 0.717) is 5.41 Å². The second kappa shape index (κ2) is 4.81. The van der Waals surface area contributed by atoms with Gasteiger partial charge in [0.05, 0.1) is 12.8 Å². The summed E-state index contributed by atoms with van der Waals surface area (Å²) < 4.78 is 10.4. The van der Waals surface area contributed by atoms with Gasteiger partial charge in [-0.3, -0.25) is 0 Å². The second-order valence-electron chi connectivity index (χ2n) is 4.43. The van der Waals surface area contributed by atoms with Crippen LogP contribution in [0.15, 0.2) is 22.8 Å². The average molecular weight is 209 g/mol. The van der Waals surface area contributed by atoms with Crippen molar-refractivity contribution in [3.05, 3.63) is 24.2 Å². The van der Waals surface area contributed by atoms with Crippen molar-refractivity contribution in [3.8, 4) is 0 Å². The highest BCUT2D eigenvalue weighted by Gasteiger charge is 2.41. The summed E-state index contributed by atoms with van der Waals surface area (Å²) >= 11 is 0. The third-order valence-electron chi connectivity index (χ3n) is 3.17. The molecule has 1 saturated carbocycles. The maximum Gasteiger partial charge on any atom is 0.117 e. The van der Waals surface area contributed by atoms with E-state index >= 15 is 0 Å². The fourth-order valence-electron chi connectivity index (χ4n) is 1.87.